The minimum atomic E-state index is -0.696. The van der Waals surface area contributed by atoms with Crippen molar-refractivity contribution in [3.63, 3.8) is 0 Å². The van der Waals surface area contributed by atoms with Gasteiger partial charge in [0.15, 0.2) is 5.78 Å². The van der Waals surface area contributed by atoms with Gasteiger partial charge in [-0.25, -0.2) is 0 Å². The van der Waals surface area contributed by atoms with E-state index in [1.54, 1.807) is 6.92 Å². The van der Waals surface area contributed by atoms with E-state index < -0.39 is 12.1 Å². The Bertz CT molecular complexity index is 555. The van der Waals surface area contributed by atoms with Crippen molar-refractivity contribution in [1.82, 2.24) is 10.6 Å². The number of nitrogens with one attached hydrogen (secondary N) is 2. The summed E-state index contributed by atoms with van der Waals surface area (Å²) in [7, 11) is 0. The Morgan fingerprint density at radius 1 is 1.43 bits per heavy atom. The lowest BCUT2D eigenvalue weighted by atomic mass is 10.1. The highest BCUT2D eigenvalue weighted by Gasteiger charge is 2.35. The minimum absolute atomic E-state index is 0.00706. The summed E-state index contributed by atoms with van der Waals surface area (Å²) in [5, 5.41) is 5.38. The van der Waals surface area contributed by atoms with Crippen LogP contribution in [0.1, 0.15) is 43.5 Å². The normalized spacial score (nSPS) is 21.9. The van der Waals surface area contributed by atoms with Crippen LogP contribution in [0.15, 0.2) is 23.0 Å². The van der Waals surface area contributed by atoms with Crippen molar-refractivity contribution in [1.29, 1.82) is 0 Å². The third-order valence-corrected chi connectivity index (χ3v) is 3.85. The van der Waals surface area contributed by atoms with Gasteiger partial charge >= 0.3 is 0 Å². The number of carbonyl (C=O) groups excluding carboxylic acids is 3. The van der Waals surface area contributed by atoms with Crippen molar-refractivity contribution < 1.29 is 23.5 Å². The van der Waals surface area contributed by atoms with Crippen molar-refractivity contribution in [2.75, 3.05) is 6.61 Å². The van der Waals surface area contributed by atoms with Crippen molar-refractivity contribution in [2.24, 2.45) is 0 Å². The van der Waals surface area contributed by atoms with Gasteiger partial charge in [-0.2, -0.15) is 0 Å². The third kappa shape index (κ3) is 4.41. The van der Waals surface area contributed by atoms with E-state index in [1.165, 1.54) is 18.6 Å². The summed E-state index contributed by atoms with van der Waals surface area (Å²) in [6, 6.07) is 0.177. The monoisotopic (exact) mass is 322 g/mol. The van der Waals surface area contributed by atoms with Crippen molar-refractivity contribution in [3.8, 4) is 0 Å². The number of hydrogen-bond acceptors (Lipinski definition) is 5. The van der Waals surface area contributed by atoms with Crippen LogP contribution in [-0.2, 0) is 14.3 Å². The first-order chi connectivity index (χ1) is 11.0. The summed E-state index contributed by atoms with van der Waals surface area (Å²) in [4.78, 5) is 36.3. The van der Waals surface area contributed by atoms with Gasteiger partial charge in [-0.1, -0.05) is 19.8 Å². The summed E-state index contributed by atoms with van der Waals surface area (Å²) >= 11 is 0. The molecule has 0 saturated carbocycles. The largest absolute Gasteiger partial charge is 0.472 e. The van der Waals surface area contributed by atoms with E-state index in [4.69, 9.17) is 9.15 Å². The second kappa shape index (κ2) is 7.92. The number of Topliss-reactive ketones (excluding diaryl/α,β-unsaturated/α-hetero) is 1. The Kier molecular flexibility index (Phi) is 5.92. The molecule has 0 radical (unpaired) electrons. The highest BCUT2D eigenvalue weighted by atomic mass is 16.5. The van der Waals surface area contributed by atoms with E-state index in [0.717, 1.165) is 12.8 Å². The summed E-state index contributed by atoms with van der Waals surface area (Å²) in [6.45, 7) is 3.75. The lowest BCUT2D eigenvalue weighted by molar-refractivity contribution is -0.127. The number of rotatable bonds is 7. The second-order valence-corrected chi connectivity index (χ2v) is 5.65. The van der Waals surface area contributed by atoms with E-state index in [2.05, 4.69) is 10.6 Å². The van der Waals surface area contributed by atoms with Gasteiger partial charge in [-0.15, -0.1) is 0 Å². The Morgan fingerprint density at radius 3 is 2.78 bits per heavy atom. The van der Waals surface area contributed by atoms with Crippen LogP contribution in [0.3, 0.4) is 0 Å². The molecule has 1 saturated heterocycles. The van der Waals surface area contributed by atoms with E-state index in [9.17, 15) is 14.4 Å². The molecule has 0 unspecified atom stereocenters. The summed E-state index contributed by atoms with van der Waals surface area (Å²) < 4.78 is 10.1. The molecule has 2 rings (SSSR count). The molecule has 0 aliphatic carbocycles. The zero-order valence-corrected chi connectivity index (χ0v) is 13.3. The number of ketones is 1. The number of furan rings is 1. The van der Waals surface area contributed by atoms with Crippen LogP contribution in [0.4, 0.5) is 0 Å². The van der Waals surface area contributed by atoms with Crippen LogP contribution in [0.2, 0.25) is 0 Å². The maximum atomic E-state index is 12.4. The number of amides is 2. The molecule has 126 valence electrons. The highest BCUT2D eigenvalue weighted by Crippen LogP contribution is 2.11. The zero-order valence-electron chi connectivity index (χ0n) is 13.3. The number of hydrogen-bond donors (Lipinski definition) is 2. The summed E-state index contributed by atoms with van der Waals surface area (Å²) in [5.41, 5.74) is 0.355. The van der Waals surface area contributed by atoms with E-state index >= 15 is 0 Å². The molecule has 1 aliphatic heterocycles. The maximum absolute atomic E-state index is 12.4. The first kappa shape index (κ1) is 17.2. The van der Waals surface area contributed by atoms with Gasteiger partial charge in [0.1, 0.15) is 25.0 Å². The van der Waals surface area contributed by atoms with Gasteiger partial charge in [0.2, 0.25) is 5.91 Å². The van der Waals surface area contributed by atoms with Crippen LogP contribution in [0.25, 0.3) is 0 Å². The quantitative estimate of drug-likeness (QED) is 0.782. The predicted molar refractivity (Wildman–Crippen MR) is 81.8 cm³/mol. The van der Waals surface area contributed by atoms with Gasteiger partial charge in [0.25, 0.3) is 5.91 Å². The smallest absolute Gasteiger partial charge is 0.255 e. The van der Waals surface area contributed by atoms with Crippen LogP contribution in [-0.4, -0.2) is 42.4 Å². The Labute approximate surface area is 134 Å². The Morgan fingerprint density at radius 2 is 2.22 bits per heavy atom. The van der Waals surface area contributed by atoms with E-state index in [0.29, 0.717) is 12.0 Å². The molecule has 1 aliphatic rings. The molecule has 0 bridgehead atoms. The maximum Gasteiger partial charge on any atom is 0.255 e. The fraction of sp³-hybridized carbons (Fsp3) is 0.562. The van der Waals surface area contributed by atoms with Crippen LogP contribution in [0, 0.1) is 0 Å². The molecular formula is C16H22N2O5. The summed E-state index contributed by atoms with van der Waals surface area (Å²) in [5.74, 6) is -0.899. The van der Waals surface area contributed by atoms with E-state index in [1.807, 2.05) is 6.92 Å². The fourth-order valence-corrected chi connectivity index (χ4v) is 2.43. The molecule has 1 aromatic heterocycles. The Hall–Kier alpha value is -2.15. The number of unbranched alkanes of at least 4 members (excludes halogenated alkanes) is 1. The minimum Gasteiger partial charge on any atom is -0.472 e. The van der Waals surface area contributed by atoms with E-state index in [-0.39, 0.29) is 30.3 Å². The van der Waals surface area contributed by atoms with Crippen LogP contribution >= 0.6 is 0 Å². The molecule has 2 N–H and O–H groups in total. The molecule has 2 heterocycles. The predicted octanol–water partition coefficient (Wildman–Crippen LogP) is 1.04. The van der Waals surface area contributed by atoms with Crippen LogP contribution in [0.5, 0.6) is 0 Å². The molecule has 23 heavy (non-hydrogen) atoms. The van der Waals surface area contributed by atoms with Gasteiger partial charge in [0.05, 0.1) is 17.9 Å². The lowest BCUT2D eigenvalue weighted by Crippen LogP contribution is -2.52. The highest BCUT2D eigenvalue weighted by molar-refractivity contribution is 5.98. The fourth-order valence-electron chi connectivity index (χ4n) is 2.43. The van der Waals surface area contributed by atoms with Crippen molar-refractivity contribution in [2.45, 2.75) is 51.3 Å². The van der Waals surface area contributed by atoms with Crippen molar-refractivity contribution in [3.05, 3.63) is 24.2 Å². The average molecular weight is 322 g/mol. The molecule has 7 nitrogen and oxygen atoms in total. The summed E-state index contributed by atoms with van der Waals surface area (Å²) in [6.07, 6.45) is 4.54. The molecule has 0 aromatic carbocycles. The van der Waals surface area contributed by atoms with Gasteiger partial charge in [0, 0.05) is 0 Å². The number of ether oxygens (including phenoxy) is 1. The van der Waals surface area contributed by atoms with Gasteiger partial charge in [-0.05, 0) is 19.4 Å². The molecule has 3 atom stereocenters. The zero-order chi connectivity index (χ0) is 16.8. The number of carbonyl (C=O) groups is 3. The Balaban J connectivity index is 2.00. The van der Waals surface area contributed by atoms with Crippen LogP contribution < -0.4 is 10.6 Å². The second-order valence-electron chi connectivity index (χ2n) is 5.65. The van der Waals surface area contributed by atoms with Gasteiger partial charge < -0.3 is 19.8 Å². The lowest BCUT2D eigenvalue weighted by Gasteiger charge is -2.21. The molecular weight excluding hydrogens is 300 g/mol. The molecule has 1 aromatic rings. The average Bonchev–Trinajstić information content (AvgIpc) is 3.16. The van der Waals surface area contributed by atoms with Crippen molar-refractivity contribution >= 4 is 17.6 Å². The third-order valence-electron chi connectivity index (χ3n) is 3.85. The molecule has 1 fully saturated rings. The molecule has 7 heteroatoms. The van der Waals surface area contributed by atoms with Gasteiger partial charge in [-0.3, -0.25) is 14.4 Å². The SMILES string of the molecule is CCCC[C@H](NC(=O)c1ccoc1)C(=O)N[C@H]1C(=O)CO[C@H]1C. The molecule has 0 spiro atoms. The molecule has 2 amide bonds. The topological polar surface area (TPSA) is 97.6 Å². The first-order valence-electron chi connectivity index (χ1n) is 7.80. The first-order valence-corrected chi connectivity index (χ1v) is 7.80. The standard InChI is InChI=1S/C16H22N2O5/c1-3-4-5-12(17-15(20)11-6-7-22-8-11)16(21)18-14-10(2)23-9-13(14)19/h6-8,10,12,14H,3-5,9H2,1-2H3,(H,17,20)(H,18,21)/t10-,12-,14+/m0/s1.